The summed E-state index contributed by atoms with van der Waals surface area (Å²) in [4.78, 5) is 14.0. The summed E-state index contributed by atoms with van der Waals surface area (Å²) in [6.45, 7) is 7.85. The van der Waals surface area contributed by atoms with Crippen molar-refractivity contribution in [2.24, 2.45) is 0 Å². The zero-order valence-corrected chi connectivity index (χ0v) is 14.9. The van der Waals surface area contributed by atoms with E-state index in [9.17, 15) is 0 Å². The predicted molar refractivity (Wildman–Crippen MR) is 98.6 cm³/mol. The van der Waals surface area contributed by atoms with E-state index in [1.165, 1.54) is 37.2 Å². The third kappa shape index (κ3) is 3.83. The summed E-state index contributed by atoms with van der Waals surface area (Å²) in [5.41, 5.74) is 3.80. The highest BCUT2D eigenvalue weighted by atomic mass is 16.5. The van der Waals surface area contributed by atoms with E-state index >= 15 is 0 Å². The molecule has 0 radical (unpaired) electrons. The molecule has 5 heteroatoms. The van der Waals surface area contributed by atoms with Crippen LogP contribution in [-0.2, 0) is 11.3 Å². The summed E-state index contributed by atoms with van der Waals surface area (Å²) in [6.07, 6.45) is 4.40. The van der Waals surface area contributed by atoms with Crippen LogP contribution in [0.3, 0.4) is 0 Å². The second-order valence-electron chi connectivity index (χ2n) is 6.97. The van der Waals surface area contributed by atoms with Crippen LogP contribution in [0.4, 0.5) is 5.69 Å². The SMILES string of the molecule is Cc1ccnc(C2CN(Cc3ccccc3N3CCCC3)CCO2)n1. The molecule has 2 saturated heterocycles. The number of hydrogen-bond acceptors (Lipinski definition) is 5. The van der Waals surface area contributed by atoms with Gasteiger partial charge >= 0.3 is 0 Å². The van der Waals surface area contributed by atoms with Crippen molar-refractivity contribution in [3.8, 4) is 0 Å². The molecule has 5 nitrogen and oxygen atoms in total. The molecule has 0 bridgehead atoms. The lowest BCUT2D eigenvalue weighted by atomic mass is 10.1. The standard InChI is InChI=1S/C20H26N4O/c1-16-8-9-21-20(22-16)19-15-23(12-13-25-19)14-17-6-2-3-7-18(17)24-10-4-5-11-24/h2-3,6-9,19H,4-5,10-15H2,1H3. The topological polar surface area (TPSA) is 41.5 Å². The number of morpholine rings is 1. The number of ether oxygens (including phenoxy) is 1. The van der Waals surface area contributed by atoms with Crippen LogP contribution in [-0.4, -0.2) is 47.7 Å². The first-order valence-corrected chi connectivity index (χ1v) is 9.26. The van der Waals surface area contributed by atoms with Crippen molar-refractivity contribution >= 4 is 5.69 Å². The van der Waals surface area contributed by atoms with Crippen molar-refractivity contribution in [1.82, 2.24) is 14.9 Å². The fraction of sp³-hybridized carbons (Fsp3) is 0.500. The number of benzene rings is 1. The Morgan fingerprint density at radius 2 is 1.96 bits per heavy atom. The molecule has 4 rings (SSSR count). The van der Waals surface area contributed by atoms with Gasteiger partial charge in [0.2, 0.25) is 0 Å². The molecule has 2 aromatic rings. The third-order valence-electron chi connectivity index (χ3n) is 5.08. The second kappa shape index (κ2) is 7.50. The van der Waals surface area contributed by atoms with Crippen LogP contribution in [0, 0.1) is 6.92 Å². The van der Waals surface area contributed by atoms with Crippen molar-refractivity contribution < 1.29 is 4.74 Å². The molecule has 1 aromatic carbocycles. The van der Waals surface area contributed by atoms with Crippen molar-refractivity contribution in [2.45, 2.75) is 32.4 Å². The van der Waals surface area contributed by atoms with Gasteiger partial charge in [-0.05, 0) is 37.5 Å². The van der Waals surface area contributed by atoms with Crippen molar-refractivity contribution in [1.29, 1.82) is 0 Å². The van der Waals surface area contributed by atoms with Crippen LogP contribution < -0.4 is 4.90 Å². The molecule has 1 atom stereocenters. The smallest absolute Gasteiger partial charge is 0.158 e. The molecule has 2 fully saturated rings. The second-order valence-corrected chi connectivity index (χ2v) is 6.97. The number of anilines is 1. The highest BCUT2D eigenvalue weighted by molar-refractivity contribution is 5.54. The maximum atomic E-state index is 5.94. The Hall–Kier alpha value is -1.98. The monoisotopic (exact) mass is 338 g/mol. The number of nitrogens with zero attached hydrogens (tertiary/aromatic N) is 4. The van der Waals surface area contributed by atoms with E-state index in [2.05, 4.69) is 44.0 Å². The van der Waals surface area contributed by atoms with Gasteiger partial charge in [0.05, 0.1) is 6.61 Å². The Morgan fingerprint density at radius 1 is 1.12 bits per heavy atom. The molecule has 0 aliphatic carbocycles. The molecule has 0 N–H and O–H groups in total. The molecule has 0 spiro atoms. The zero-order valence-electron chi connectivity index (χ0n) is 14.9. The number of aromatic nitrogens is 2. The van der Waals surface area contributed by atoms with Crippen LogP contribution in [0.15, 0.2) is 36.5 Å². The van der Waals surface area contributed by atoms with E-state index in [1.807, 2.05) is 19.2 Å². The van der Waals surface area contributed by atoms with Crippen LogP contribution in [0.5, 0.6) is 0 Å². The van der Waals surface area contributed by atoms with E-state index in [0.29, 0.717) is 0 Å². The van der Waals surface area contributed by atoms with Crippen molar-refractivity contribution in [2.75, 3.05) is 37.7 Å². The number of para-hydroxylation sites is 1. The fourth-order valence-corrected chi connectivity index (χ4v) is 3.78. The first-order valence-electron chi connectivity index (χ1n) is 9.26. The Morgan fingerprint density at radius 3 is 2.80 bits per heavy atom. The molecule has 2 aliphatic rings. The summed E-state index contributed by atoms with van der Waals surface area (Å²) >= 11 is 0. The Bertz CT molecular complexity index is 714. The van der Waals surface area contributed by atoms with Gasteiger partial charge in [-0.1, -0.05) is 18.2 Å². The normalized spacial score (nSPS) is 21.6. The highest BCUT2D eigenvalue weighted by Crippen LogP contribution is 2.27. The predicted octanol–water partition coefficient (Wildman–Crippen LogP) is 2.96. The van der Waals surface area contributed by atoms with E-state index < -0.39 is 0 Å². The van der Waals surface area contributed by atoms with Crippen LogP contribution >= 0.6 is 0 Å². The Kier molecular flexibility index (Phi) is 4.95. The molecular formula is C20H26N4O. The molecule has 0 saturated carbocycles. The summed E-state index contributed by atoms with van der Waals surface area (Å²) in [5.74, 6) is 0.803. The molecule has 2 aliphatic heterocycles. The molecule has 132 valence electrons. The lowest BCUT2D eigenvalue weighted by Crippen LogP contribution is -2.38. The molecule has 1 aromatic heterocycles. The number of rotatable bonds is 4. The first kappa shape index (κ1) is 16.5. The quantitative estimate of drug-likeness (QED) is 0.857. The average Bonchev–Trinajstić information content (AvgIpc) is 3.17. The van der Waals surface area contributed by atoms with Crippen molar-refractivity contribution in [3.05, 3.63) is 53.6 Å². The van der Waals surface area contributed by atoms with Crippen LogP contribution in [0.1, 0.15) is 36.0 Å². The maximum absolute atomic E-state index is 5.94. The van der Waals surface area contributed by atoms with Gasteiger partial charge in [0.15, 0.2) is 5.82 Å². The average molecular weight is 338 g/mol. The summed E-state index contributed by atoms with van der Waals surface area (Å²) < 4.78 is 5.94. The van der Waals surface area contributed by atoms with Gasteiger partial charge < -0.3 is 9.64 Å². The van der Waals surface area contributed by atoms with E-state index in [0.717, 1.165) is 37.8 Å². The lowest BCUT2D eigenvalue weighted by molar-refractivity contribution is -0.0372. The summed E-state index contributed by atoms with van der Waals surface area (Å²) in [7, 11) is 0. The molecular weight excluding hydrogens is 312 g/mol. The minimum absolute atomic E-state index is 0.0346. The van der Waals surface area contributed by atoms with Gasteiger partial charge in [-0.3, -0.25) is 4.90 Å². The van der Waals surface area contributed by atoms with Crippen molar-refractivity contribution in [3.63, 3.8) is 0 Å². The van der Waals surface area contributed by atoms with Gasteiger partial charge in [0.1, 0.15) is 6.10 Å². The van der Waals surface area contributed by atoms with Gasteiger partial charge in [-0.25, -0.2) is 9.97 Å². The molecule has 0 amide bonds. The van der Waals surface area contributed by atoms with E-state index in [1.54, 1.807) is 0 Å². The lowest BCUT2D eigenvalue weighted by Gasteiger charge is -2.33. The maximum Gasteiger partial charge on any atom is 0.158 e. The third-order valence-corrected chi connectivity index (χ3v) is 5.08. The van der Waals surface area contributed by atoms with Crippen LogP contribution in [0.25, 0.3) is 0 Å². The van der Waals surface area contributed by atoms with Gasteiger partial charge in [0.25, 0.3) is 0 Å². The Balaban J connectivity index is 1.48. The van der Waals surface area contributed by atoms with E-state index in [-0.39, 0.29) is 6.10 Å². The minimum atomic E-state index is -0.0346. The zero-order chi connectivity index (χ0) is 17.1. The first-order chi connectivity index (χ1) is 12.3. The van der Waals surface area contributed by atoms with Gasteiger partial charge in [0, 0.05) is 50.3 Å². The molecule has 3 heterocycles. The molecule has 1 unspecified atom stereocenters. The van der Waals surface area contributed by atoms with Gasteiger partial charge in [-0.15, -0.1) is 0 Å². The Labute approximate surface area is 149 Å². The fourth-order valence-electron chi connectivity index (χ4n) is 3.78. The largest absolute Gasteiger partial charge is 0.371 e. The van der Waals surface area contributed by atoms with Gasteiger partial charge in [-0.2, -0.15) is 0 Å². The molecule has 25 heavy (non-hydrogen) atoms. The van der Waals surface area contributed by atoms with E-state index in [4.69, 9.17) is 4.74 Å². The highest BCUT2D eigenvalue weighted by Gasteiger charge is 2.25. The number of aryl methyl sites for hydroxylation is 1. The summed E-state index contributed by atoms with van der Waals surface area (Å²) in [6, 6.07) is 10.8. The number of hydrogen-bond donors (Lipinski definition) is 0. The minimum Gasteiger partial charge on any atom is -0.371 e. The summed E-state index contributed by atoms with van der Waals surface area (Å²) in [5, 5.41) is 0. The van der Waals surface area contributed by atoms with Crippen LogP contribution in [0.2, 0.25) is 0 Å².